The van der Waals surface area contributed by atoms with Crippen LogP contribution in [0.5, 0.6) is 0 Å². The van der Waals surface area contributed by atoms with E-state index in [0.717, 1.165) is 16.0 Å². The zero-order chi connectivity index (χ0) is 16.8. The maximum atomic E-state index is 12.4. The van der Waals surface area contributed by atoms with Gasteiger partial charge in [-0.05, 0) is 18.6 Å². The molecule has 0 aromatic heterocycles. The number of benzene rings is 1. The van der Waals surface area contributed by atoms with E-state index in [9.17, 15) is 22.8 Å². The van der Waals surface area contributed by atoms with Gasteiger partial charge in [0.2, 0.25) is 0 Å². The van der Waals surface area contributed by atoms with Crippen molar-refractivity contribution in [3.8, 4) is 0 Å². The van der Waals surface area contributed by atoms with Gasteiger partial charge in [0.05, 0.1) is 0 Å². The van der Waals surface area contributed by atoms with Crippen molar-refractivity contribution in [1.82, 2.24) is 9.80 Å². The smallest absolute Gasteiger partial charge is 0.332 e. The molecule has 0 aliphatic carbocycles. The first kappa shape index (κ1) is 16.0. The fourth-order valence-electron chi connectivity index (χ4n) is 3.11. The SMILES string of the molecule is Cc1ccc2c(c1)C(=O)CCN(C1CN(C(=O)C(F)(F)F)C1)C2. The van der Waals surface area contributed by atoms with E-state index in [0.29, 0.717) is 25.1 Å². The van der Waals surface area contributed by atoms with Crippen molar-refractivity contribution >= 4 is 11.7 Å². The molecular weight excluding hydrogens is 309 g/mol. The van der Waals surface area contributed by atoms with Gasteiger partial charge in [0, 0.05) is 44.2 Å². The average Bonchev–Trinajstić information content (AvgIpc) is 2.57. The number of ketones is 1. The monoisotopic (exact) mass is 326 g/mol. The number of hydrogen-bond acceptors (Lipinski definition) is 3. The third-order valence-corrected chi connectivity index (χ3v) is 4.47. The highest BCUT2D eigenvalue weighted by atomic mass is 19.4. The number of nitrogens with zero attached hydrogens (tertiary/aromatic N) is 2. The Morgan fingerprint density at radius 3 is 2.61 bits per heavy atom. The van der Waals surface area contributed by atoms with E-state index in [2.05, 4.69) is 0 Å². The van der Waals surface area contributed by atoms with Gasteiger partial charge < -0.3 is 4.90 Å². The normalized spacial score (nSPS) is 20.0. The first-order valence-corrected chi connectivity index (χ1v) is 7.48. The third-order valence-electron chi connectivity index (χ3n) is 4.47. The molecule has 0 bridgehead atoms. The van der Waals surface area contributed by atoms with E-state index in [1.165, 1.54) is 0 Å². The number of likely N-dealkylation sites (tertiary alicyclic amines) is 1. The molecule has 0 saturated carbocycles. The van der Waals surface area contributed by atoms with E-state index in [1.807, 2.05) is 30.0 Å². The summed E-state index contributed by atoms with van der Waals surface area (Å²) in [6, 6.07) is 5.57. The minimum absolute atomic E-state index is 0.0632. The number of carbonyl (C=O) groups is 2. The molecule has 124 valence electrons. The van der Waals surface area contributed by atoms with Gasteiger partial charge in [0.1, 0.15) is 0 Å². The average molecular weight is 326 g/mol. The van der Waals surface area contributed by atoms with Crippen LogP contribution in [0, 0.1) is 6.92 Å². The summed E-state index contributed by atoms with van der Waals surface area (Å²) in [6.45, 7) is 3.08. The number of halogens is 3. The molecule has 1 fully saturated rings. The third kappa shape index (κ3) is 3.10. The zero-order valence-corrected chi connectivity index (χ0v) is 12.7. The Balaban J connectivity index is 1.69. The molecule has 23 heavy (non-hydrogen) atoms. The second-order valence-corrected chi connectivity index (χ2v) is 6.17. The molecule has 1 saturated heterocycles. The predicted octanol–water partition coefficient (Wildman–Crippen LogP) is 2.16. The minimum Gasteiger partial charge on any atom is -0.332 e. The van der Waals surface area contributed by atoms with Crippen LogP contribution in [-0.2, 0) is 11.3 Å². The number of amides is 1. The summed E-state index contributed by atoms with van der Waals surface area (Å²) in [5.74, 6) is -1.72. The van der Waals surface area contributed by atoms with Gasteiger partial charge in [0.25, 0.3) is 0 Å². The van der Waals surface area contributed by atoms with Crippen LogP contribution in [0.1, 0.15) is 27.9 Å². The van der Waals surface area contributed by atoms with Gasteiger partial charge in [-0.3, -0.25) is 14.5 Å². The van der Waals surface area contributed by atoms with Crippen molar-refractivity contribution < 1.29 is 22.8 Å². The van der Waals surface area contributed by atoms with Crippen LogP contribution in [-0.4, -0.2) is 53.3 Å². The Morgan fingerprint density at radius 1 is 1.26 bits per heavy atom. The van der Waals surface area contributed by atoms with E-state index in [4.69, 9.17) is 0 Å². The summed E-state index contributed by atoms with van der Waals surface area (Å²) in [5.41, 5.74) is 2.62. The molecule has 1 amide bonds. The predicted molar refractivity (Wildman–Crippen MR) is 77.0 cm³/mol. The first-order chi connectivity index (χ1) is 10.8. The van der Waals surface area contributed by atoms with E-state index in [-0.39, 0.29) is 24.9 Å². The minimum atomic E-state index is -4.82. The number of aryl methyl sites for hydroxylation is 1. The summed E-state index contributed by atoms with van der Waals surface area (Å²) in [5, 5.41) is 0. The molecule has 2 aliphatic heterocycles. The first-order valence-electron chi connectivity index (χ1n) is 7.48. The topological polar surface area (TPSA) is 40.6 Å². The van der Waals surface area contributed by atoms with Crippen LogP contribution in [0.25, 0.3) is 0 Å². The van der Waals surface area contributed by atoms with Crippen LogP contribution in [0.3, 0.4) is 0 Å². The molecule has 0 atom stereocenters. The Morgan fingerprint density at radius 2 is 1.96 bits per heavy atom. The molecule has 0 N–H and O–H groups in total. The van der Waals surface area contributed by atoms with E-state index in [1.54, 1.807) is 0 Å². The van der Waals surface area contributed by atoms with Crippen LogP contribution >= 0.6 is 0 Å². The molecule has 1 aromatic carbocycles. The largest absolute Gasteiger partial charge is 0.471 e. The second kappa shape index (κ2) is 5.63. The lowest BCUT2D eigenvalue weighted by Crippen LogP contribution is -2.63. The van der Waals surface area contributed by atoms with Gasteiger partial charge in [-0.25, -0.2) is 0 Å². The molecular formula is C16H17F3N2O2. The number of fused-ring (bicyclic) bond motifs is 1. The summed E-state index contributed by atoms with van der Waals surface area (Å²) in [4.78, 5) is 26.2. The number of Topliss-reactive ketones (excluding diaryl/α,β-unsaturated/α-hetero) is 1. The Hall–Kier alpha value is -1.89. The van der Waals surface area contributed by atoms with Crippen LogP contribution in [0.15, 0.2) is 18.2 Å². The van der Waals surface area contributed by atoms with Gasteiger partial charge in [-0.15, -0.1) is 0 Å². The summed E-state index contributed by atoms with van der Waals surface area (Å²) in [6.07, 6.45) is -4.47. The summed E-state index contributed by atoms with van der Waals surface area (Å²) < 4.78 is 37.2. The zero-order valence-electron chi connectivity index (χ0n) is 12.7. The molecule has 0 spiro atoms. The van der Waals surface area contributed by atoms with Crippen LogP contribution in [0.4, 0.5) is 13.2 Å². The van der Waals surface area contributed by atoms with Gasteiger partial charge in [-0.2, -0.15) is 13.2 Å². The lowest BCUT2D eigenvalue weighted by Gasteiger charge is -2.45. The Labute approximate surface area is 131 Å². The standard InChI is InChI=1S/C16H17F3N2O2/c1-10-2-3-11-7-20(5-4-14(22)13(11)6-10)12-8-21(9-12)15(23)16(17,18)19/h2-3,6,12H,4-5,7-9H2,1H3. The van der Waals surface area contributed by atoms with Crippen molar-refractivity contribution in [1.29, 1.82) is 0 Å². The molecule has 4 nitrogen and oxygen atoms in total. The molecule has 1 aromatic rings. The van der Waals surface area contributed by atoms with Gasteiger partial charge >= 0.3 is 12.1 Å². The number of alkyl halides is 3. The van der Waals surface area contributed by atoms with Crippen molar-refractivity contribution in [2.45, 2.75) is 32.1 Å². The lowest BCUT2D eigenvalue weighted by molar-refractivity contribution is -0.192. The maximum absolute atomic E-state index is 12.4. The van der Waals surface area contributed by atoms with Crippen molar-refractivity contribution in [3.63, 3.8) is 0 Å². The fraction of sp³-hybridized carbons (Fsp3) is 0.500. The van der Waals surface area contributed by atoms with Crippen LogP contribution in [0.2, 0.25) is 0 Å². The Kier molecular flexibility index (Phi) is 3.91. The molecule has 0 radical (unpaired) electrons. The molecule has 2 aliphatic rings. The number of hydrogen-bond donors (Lipinski definition) is 0. The fourth-order valence-corrected chi connectivity index (χ4v) is 3.11. The molecule has 2 heterocycles. The lowest BCUT2D eigenvalue weighted by atomic mass is 10.0. The van der Waals surface area contributed by atoms with Crippen molar-refractivity contribution in [3.05, 3.63) is 34.9 Å². The molecule has 3 rings (SSSR count). The van der Waals surface area contributed by atoms with E-state index < -0.39 is 12.1 Å². The highest BCUT2D eigenvalue weighted by molar-refractivity contribution is 5.98. The van der Waals surface area contributed by atoms with E-state index >= 15 is 0 Å². The quantitative estimate of drug-likeness (QED) is 0.794. The Bertz CT molecular complexity index is 651. The molecule has 7 heteroatoms. The number of carbonyl (C=O) groups excluding carboxylic acids is 2. The van der Waals surface area contributed by atoms with Crippen molar-refractivity contribution in [2.24, 2.45) is 0 Å². The summed E-state index contributed by atoms with van der Waals surface area (Å²) in [7, 11) is 0. The maximum Gasteiger partial charge on any atom is 0.471 e. The van der Waals surface area contributed by atoms with Gasteiger partial charge in [0.15, 0.2) is 5.78 Å². The van der Waals surface area contributed by atoms with Gasteiger partial charge in [-0.1, -0.05) is 17.7 Å². The number of rotatable bonds is 1. The van der Waals surface area contributed by atoms with Crippen LogP contribution < -0.4 is 0 Å². The molecule has 0 unspecified atom stereocenters. The highest BCUT2D eigenvalue weighted by Gasteiger charge is 2.47. The highest BCUT2D eigenvalue weighted by Crippen LogP contribution is 2.27. The summed E-state index contributed by atoms with van der Waals surface area (Å²) >= 11 is 0. The van der Waals surface area contributed by atoms with Crippen molar-refractivity contribution in [2.75, 3.05) is 19.6 Å². The second-order valence-electron chi connectivity index (χ2n) is 6.17.